The average molecular weight is 480 g/mol. The van der Waals surface area contributed by atoms with Crippen LogP contribution in [0, 0.1) is 0 Å². The number of ether oxygens (including phenoxy) is 2. The standard InChI is InChI=1S/C26H33N5O4/c1-17-14-20-15-23(34-4)24(35-5)16-22(20)25(28-31(17)26(33)27-3)19-6-8-21(9-7-19)30-12-10-29(11-13-30)18(2)32/h6-9,15-17H,10-14H2,1-5H3,(H,27,33)/t17-/m1/s1. The quantitative estimate of drug-likeness (QED) is 0.729. The van der Waals surface area contributed by atoms with Crippen molar-refractivity contribution in [1.82, 2.24) is 15.2 Å². The minimum atomic E-state index is -0.262. The van der Waals surface area contributed by atoms with Gasteiger partial charge in [-0.3, -0.25) is 4.79 Å². The zero-order valence-corrected chi connectivity index (χ0v) is 21.0. The highest BCUT2D eigenvalue weighted by atomic mass is 16.5. The van der Waals surface area contributed by atoms with Gasteiger partial charge in [0.2, 0.25) is 5.91 Å². The van der Waals surface area contributed by atoms with E-state index in [0.29, 0.717) is 23.6 Å². The Kier molecular flexibility index (Phi) is 7.14. The number of nitrogens with zero attached hydrogens (tertiary/aromatic N) is 4. The van der Waals surface area contributed by atoms with Crippen molar-refractivity contribution >= 4 is 23.3 Å². The number of nitrogens with one attached hydrogen (secondary N) is 1. The number of hydrogen-bond donors (Lipinski definition) is 1. The summed E-state index contributed by atoms with van der Waals surface area (Å²) in [5.74, 6) is 1.37. The third-order valence-corrected chi connectivity index (χ3v) is 6.66. The van der Waals surface area contributed by atoms with Gasteiger partial charge in [0.05, 0.1) is 26.0 Å². The van der Waals surface area contributed by atoms with Gasteiger partial charge in [0.1, 0.15) is 0 Å². The van der Waals surface area contributed by atoms with Crippen LogP contribution in [-0.4, -0.2) is 81.0 Å². The topological polar surface area (TPSA) is 86.7 Å². The van der Waals surface area contributed by atoms with Gasteiger partial charge in [-0.2, -0.15) is 5.10 Å². The summed E-state index contributed by atoms with van der Waals surface area (Å²) in [4.78, 5) is 28.5. The number of hydrazone groups is 1. The van der Waals surface area contributed by atoms with E-state index >= 15 is 0 Å². The molecule has 3 amide bonds. The lowest BCUT2D eigenvalue weighted by Gasteiger charge is -2.35. The molecule has 0 spiro atoms. The van der Waals surface area contributed by atoms with Gasteiger partial charge in [-0.1, -0.05) is 12.1 Å². The first-order valence-electron chi connectivity index (χ1n) is 11.8. The van der Waals surface area contributed by atoms with E-state index in [-0.39, 0.29) is 18.0 Å². The predicted octanol–water partition coefficient (Wildman–Crippen LogP) is 2.71. The fourth-order valence-electron chi connectivity index (χ4n) is 4.66. The molecule has 1 N–H and O–H groups in total. The number of urea groups is 1. The van der Waals surface area contributed by atoms with Crippen molar-refractivity contribution in [3.63, 3.8) is 0 Å². The molecule has 0 radical (unpaired) electrons. The molecule has 1 fully saturated rings. The van der Waals surface area contributed by atoms with E-state index in [1.807, 2.05) is 36.1 Å². The monoisotopic (exact) mass is 479 g/mol. The first kappa shape index (κ1) is 24.4. The van der Waals surface area contributed by atoms with Crippen molar-refractivity contribution in [3.8, 4) is 11.5 Å². The first-order valence-corrected chi connectivity index (χ1v) is 11.8. The summed E-state index contributed by atoms with van der Waals surface area (Å²) in [6.07, 6.45) is 0.620. The first-order chi connectivity index (χ1) is 16.9. The zero-order chi connectivity index (χ0) is 25.1. The number of anilines is 1. The molecule has 2 aliphatic heterocycles. The second-order valence-electron chi connectivity index (χ2n) is 8.81. The Balaban J connectivity index is 1.72. The second-order valence-corrected chi connectivity index (χ2v) is 8.81. The molecule has 1 atom stereocenters. The third-order valence-electron chi connectivity index (χ3n) is 6.66. The number of methoxy groups -OCH3 is 2. The lowest BCUT2D eigenvalue weighted by atomic mass is 9.94. The maximum atomic E-state index is 12.7. The van der Waals surface area contributed by atoms with Crippen LogP contribution in [0.25, 0.3) is 0 Å². The smallest absolute Gasteiger partial charge is 0.337 e. The highest BCUT2D eigenvalue weighted by Crippen LogP contribution is 2.35. The highest BCUT2D eigenvalue weighted by molar-refractivity contribution is 6.14. The fourth-order valence-corrected chi connectivity index (χ4v) is 4.66. The average Bonchev–Trinajstić information content (AvgIpc) is 3.03. The van der Waals surface area contributed by atoms with Crippen LogP contribution >= 0.6 is 0 Å². The molecule has 35 heavy (non-hydrogen) atoms. The Morgan fingerprint density at radius 3 is 2.20 bits per heavy atom. The van der Waals surface area contributed by atoms with Crippen LogP contribution in [0.1, 0.15) is 30.5 Å². The summed E-state index contributed by atoms with van der Waals surface area (Å²) in [5.41, 5.74) is 4.62. The van der Waals surface area contributed by atoms with Crippen LogP contribution in [0.4, 0.5) is 10.5 Å². The summed E-state index contributed by atoms with van der Waals surface area (Å²) in [6.45, 7) is 6.62. The van der Waals surface area contributed by atoms with Crippen LogP contribution in [0.15, 0.2) is 41.5 Å². The molecule has 2 heterocycles. The summed E-state index contributed by atoms with van der Waals surface area (Å²) in [7, 11) is 4.83. The minimum absolute atomic E-state index is 0.118. The number of amides is 3. The molecule has 2 aliphatic rings. The van der Waals surface area contributed by atoms with E-state index in [2.05, 4.69) is 22.3 Å². The lowest BCUT2D eigenvalue weighted by Crippen LogP contribution is -2.48. The Labute approximate surface area is 206 Å². The molecule has 9 nitrogen and oxygen atoms in total. The number of fused-ring (bicyclic) bond motifs is 1. The van der Waals surface area contributed by atoms with Crippen LogP contribution in [0.3, 0.4) is 0 Å². The molecule has 0 saturated carbocycles. The maximum absolute atomic E-state index is 12.7. The molecule has 186 valence electrons. The van der Waals surface area contributed by atoms with Crippen LogP contribution in [0.2, 0.25) is 0 Å². The van der Waals surface area contributed by atoms with E-state index in [4.69, 9.17) is 14.6 Å². The largest absolute Gasteiger partial charge is 0.493 e. The Morgan fingerprint density at radius 2 is 1.63 bits per heavy atom. The zero-order valence-electron chi connectivity index (χ0n) is 21.0. The van der Waals surface area contributed by atoms with Gasteiger partial charge in [0, 0.05) is 57.0 Å². The molecule has 4 rings (SSSR count). The predicted molar refractivity (Wildman–Crippen MR) is 136 cm³/mol. The van der Waals surface area contributed by atoms with Crippen LogP contribution in [0.5, 0.6) is 11.5 Å². The molecular formula is C26H33N5O4. The van der Waals surface area contributed by atoms with Gasteiger partial charge in [0.25, 0.3) is 0 Å². The fraction of sp³-hybridized carbons (Fsp3) is 0.423. The number of carbonyl (C=O) groups is 2. The summed E-state index contributed by atoms with van der Waals surface area (Å²) >= 11 is 0. The van der Waals surface area contributed by atoms with Crippen molar-refractivity contribution in [2.24, 2.45) is 5.10 Å². The van der Waals surface area contributed by atoms with Crippen molar-refractivity contribution < 1.29 is 19.1 Å². The van der Waals surface area contributed by atoms with Crippen molar-refractivity contribution in [2.75, 3.05) is 52.3 Å². The maximum Gasteiger partial charge on any atom is 0.337 e. The Hall–Kier alpha value is -3.75. The van der Waals surface area contributed by atoms with Gasteiger partial charge in [-0.05, 0) is 43.2 Å². The molecule has 2 aromatic rings. The van der Waals surface area contributed by atoms with Gasteiger partial charge in [0.15, 0.2) is 11.5 Å². The number of benzene rings is 2. The Bertz CT molecular complexity index is 1120. The number of carbonyl (C=O) groups excluding carboxylic acids is 2. The molecule has 0 unspecified atom stereocenters. The summed E-state index contributed by atoms with van der Waals surface area (Å²) in [5, 5.41) is 9.02. The molecule has 9 heteroatoms. The van der Waals surface area contributed by atoms with Gasteiger partial charge < -0.3 is 24.6 Å². The second kappa shape index (κ2) is 10.2. The molecular weight excluding hydrogens is 446 g/mol. The van der Waals surface area contributed by atoms with Gasteiger partial charge in [-0.15, -0.1) is 0 Å². The third kappa shape index (κ3) is 4.89. The van der Waals surface area contributed by atoms with Crippen molar-refractivity contribution in [2.45, 2.75) is 26.3 Å². The molecule has 2 aromatic carbocycles. The van der Waals surface area contributed by atoms with E-state index < -0.39 is 0 Å². The van der Waals surface area contributed by atoms with Gasteiger partial charge >= 0.3 is 6.03 Å². The SMILES string of the molecule is CNC(=O)N1N=C(c2ccc(N3CCN(C(C)=O)CC3)cc2)c2cc(OC)c(OC)cc2C[C@H]1C. The minimum Gasteiger partial charge on any atom is -0.493 e. The summed E-state index contributed by atoms with van der Waals surface area (Å²) in [6, 6.07) is 11.7. The van der Waals surface area contributed by atoms with Crippen molar-refractivity contribution in [3.05, 3.63) is 53.1 Å². The van der Waals surface area contributed by atoms with E-state index in [9.17, 15) is 9.59 Å². The lowest BCUT2D eigenvalue weighted by molar-refractivity contribution is -0.129. The molecule has 0 aromatic heterocycles. The molecule has 0 aliphatic carbocycles. The van der Waals surface area contributed by atoms with Crippen molar-refractivity contribution in [1.29, 1.82) is 0 Å². The number of piperazine rings is 1. The normalized spacial score (nSPS) is 17.8. The number of hydrogen-bond acceptors (Lipinski definition) is 6. The van der Waals surface area contributed by atoms with Crippen LogP contribution < -0.4 is 19.7 Å². The van der Waals surface area contributed by atoms with Gasteiger partial charge in [-0.25, -0.2) is 9.80 Å². The van der Waals surface area contributed by atoms with Crippen LogP contribution in [-0.2, 0) is 11.2 Å². The molecule has 0 bridgehead atoms. The van der Waals surface area contributed by atoms with E-state index in [0.717, 1.165) is 48.6 Å². The number of rotatable bonds is 4. The highest BCUT2D eigenvalue weighted by Gasteiger charge is 2.28. The van der Waals surface area contributed by atoms with E-state index in [1.165, 1.54) is 5.01 Å². The van der Waals surface area contributed by atoms with E-state index in [1.54, 1.807) is 28.2 Å². The molecule has 1 saturated heterocycles. The Morgan fingerprint density at radius 1 is 1.00 bits per heavy atom. The summed E-state index contributed by atoms with van der Waals surface area (Å²) < 4.78 is 11.1.